The molecule has 1 aromatic carbocycles. The number of benzene rings is 1. The van der Waals surface area contributed by atoms with Gasteiger partial charge in [0.25, 0.3) is 5.91 Å². The van der Waals surface area contributed by atoms with Crippen molar-refractivity contribution < 1.29 is 9.53 Å². The van der Waals surface area contributed by atoms with Gasteiger partial charge >= 0.3 is 0 Å². The summed E-state index contributed by atoms with van der Waals surface area (Å²) in [6.07, 6.45) is 4.74. The number of ether oxygens (including phenoxy) is 1. The fourth-order valence-electron chi connectivity index (χ4n) is 2.62. The van der Waals surface area contributed by atoms with Gasteiger partial charge in [-0.1, -0.05) is 11.6 Å². The van der Waals surface area contributed by atoms with Crippen LogP contribution in [0.25, 0.3) is 10.8 Å². The van der Waals surface area contributed by atoms with Crippen LogP contribution in [0.2, 0.25) is 5.02 Å². The van der Waals surface area contributed by atoms with Crippen LogP contribution in [-0.4, -0.2) is 33.5 Å². The molecule has 0 spiro atoms. The van der Waals surface area contributed by atoms with Crippen LogP contribution in [-0.2, 0) is 0 Å². The summed E-state index contributed by atoms with van der Waals surface area (Å²) in [5, 5.41) is 1.16. The lowest BCUT2D eigenvalue weighted by Gasteiger charge is -2.33. The number of halogens is 1. The van der Waals surface area contributed by atoms with Crippen molar-refractivity contribution in [3.05, 3.63) is 52.8 Å². The van der Waals surface area contributed by atoms with Gasteiger partial charge in [0.2, 0.25) is 0 Å². The zero-order valence-corrected chi connectivity index (χ0v) is 14.8. The molecule has 0 radical (unpaired) electrons. The van der Waals surface area contributed by atoms with Crippen molar-refractivity contribution in [2.45, 2.75) is 13.0 Å². The minimum Gasteiger partial charge on any atom is -0.487 e. The molecule has 2 aromatic heterocycles. The lowest BCUT2D eigenvalue weighted by atomic mass is 10.2. The van der Waals surface area contributed by atoms with Gasteiger partial charge in [-0.15, -0.1) is 11.3 Å². The largest absolute Gasteiger partial charge is 0.487 e. The fraction of sp³-hybridized carbons (Fsp3) is 0.176. The summed E-state index contributed by atoms with van der Waals surface area (Å²) in [6, 6.07) is 7.00. The SMILES string of the molecule is C[C@H]1CN(C(=O)c2cnc(-c3ncccn3)s2)c2cc(Cl)ccc2O1. The van der Waals surface area contributed by atoms with Crippen molar-refractivity contribution in [1.29, 1.82) is 0 Å². The highest BCUT2D eigenvalue weighted by atomic mass is 35.5. The van der Waals surface area contributed by atoms with E-state index < -0.39 is 0 Å². The highest BCUT2D eigenvalue weighted by molar-refractivity contribution is 7.16. The van der Waals surface area contributed by atoms with Gasteiger partial charge in [0.05, 0.1) is 18.4 Å². The second-order valence-corrected chi connectivity index (χ2v) is 7.03. The zero-order chi connectivity index (χ0) is 17.4. The first-order chi connectivity index (χ1) is 12.1. The molecule has 1 aliphatic heterocycles. The molecule has 25 heavy (non-hydrogen) atoms. The first-order valence-electron chi connectivity index (χ1n) is 7.63. The molecule has 0 saturated heterocycles. The van der Waals surface area contributed by atoms with Gasteiger partial charge in [-0.3, -0.25) is 4.79 Å². The van der Waals surface area contributed by atoms with Crippen molar-refractivity contribution in [3.63, 3.8) is 0 Å². The Morgan fingerprint density at radius 3 is 2.92 bits per heavy atom. The standard InChI is InChI=1S/C17H13ClN4O2S/c1-10-9-22(12-7-11(18)3-4-13(12)24-10)17(23)14-8-21-16(25-14)15-19-5-2-6-20-15/h2-8,10H,9H2,1H3/t10-/m0/s1. The van der Waals surface area contributed by atoms with E-state index >= 15 is 0 Å². The lowest BCUT2D eigenvalue weighted by molar-refractivity contribution is 0.0965. The summed E-state index contributed by atoms with van der Waals surface area (Å²) >= 11 is 7.36. The molecule has 1 atom stereocenters. The molecule has 1 aliphatic rings. The Kier molecular flexibility index (Phi) is 4.10. The van der Waals surface area contributed by atoms with E-state index in [0.29, 0.717) is 38.7 Å². The molecule has 0 fully saturated rings. The minimum atomic E-state index is -0.140. The number of hydrogen-bond acceptors (Lipinski definition) is 6. The van der Waals surface area contributed by atoms with E-state index in [-0.39, 0.29) is 12.0 Å². The van der Waals surface area contributed by atoms with Crippen molar-refractivity contribution >= 4 is 34.5 Å². The third kappa shape index (κ3) is 3.08. The Morgan fingerprint density at radius 2 is 2.12 bits per heavy atom. The number of thiazole rings is 1. The van der Waals surface area contributed by atoms with E-state index in [1.165, 1.54) is 11.3 Å². The summed E-state index contributed by atoms with van der Waals surface area (Å²) in [7, 11) is 0. The predicted molar refractivity (Wildman–Crippen MR) is 96.4 cm³/mol. The summed E-state index contributed by atoms with van der Waals surface area (Å²) in [4.78, 5) is 27.8. The van der Waals surface area contributed by atoms with Gasteiger partial charge < -0.3 is 9.64 Å². The van der Waals surface area contributed by atoms with Crippen molar-refractivity contribution in [1.82, 2.24) is 15.0 Å². The van der Waals surface area contributed by atoms with Crippen molar-refractivity contribution in [2.24, 2.45) is 0 Å². The van der Waals surface area contributed by atoms with Crippen LogP contribution in [0.3, 0.4) is 0 Å². The number of fused-ring (bicyclic) bond motifs is 1. The second kappa shape index (κ2) is 6.42. The molecular formula is C17H13ClN4O2S. The summed E-state index contributed by atoms with van der Waals surface area (Å²) < 4.78 is 5.79. The minimum absolute atomic E-state index is 0.109. The van der Waals surface area contributed by atoms with Crippen LogP contribution < -0.4 is 9.64 Å². The molecule has 0 N–H and O–H groups in total. The molecule has 0 unspecified atom stereocenters. The van der Waals surface area contributed by atoms with Gasteiger partial charge in [0.15, 0.2) is 10.8 Å². The smallest absolute Gasteiger partial charge is 0.270 e. The normalized spacial score (nSPS) is 16.2. The van der Waals surface area contributed by atoms with E-state index in [9.17, 15) is 4.79 Å². The van der Waals surface area contributed by atoms with Gasteiger partial charge in [0, 0.05) is 17.4 Å². The van der Waals surface area contributed by atoms with Crippen LogP contribution in [0.1, 0.15) is 16.6 Å². The number of carbonyl (C=O) groups is 1. The topological polar surface area (TPSA) is 68.2 Å². The van der Waals surface area contributed by atoms with Crippen molar-refractivity contribution in [3.8, 4) is 16.6 Å². The van der Waals surface area contributed by atoms with E-state index in [0.717, 1.165) is 0 Å². The maximum absolute atomic E-state index is 13.0. The molecule has 0 saturated carbocycles. The van der Waals surface area contributed by atoms with Gasteiger partial charge in [-0.25, -0.2) is 15.0 Å². The second-order valence-electron chi connectivity index (χ2n) is 5.56. The summed E-state index contributed by atoms with van der Waals surface area (Å²) in [5.41, 5.74) is 0.668. The van der Waals surface area contributed by atoms with E-state index in [4.69, 9.17) is 16.3 Å². The number of amides is 1. The average Bonchev–Trinajstić information content (AvgIpc) is 3.12. The van der Waals surface area contributed by atoms with E-state index in [2.05, 4.69) is 15.0 Å². The first kappa shape index (κ1) is 16.0. The molecular weight excluding hydrogens is 360 g/mol. The summed E-state index contributed by atoms with van der Waals surface area (Å²) in [5.74, 6) is 1.01. The Bertz CT molecular complexity index is 931. The van der Waals surface area contributed by atoms with Crippen LogP contribution in [0.4, 0.5) is 5.69 Å². The number of nitrogens with zero attached hydrogens (tertiary/aromatic N) is 4. The molecule has 126 valence electrons. The van der Waals surface area contributed by atoms with E-state index in [1.807, 2.05) is 6.92 Å². The Morgan fingerprint density at radius 1 is 1.32 bits per heavy atom. The molecule has 4 rings (SSSR count). The van der Waals surface area contributed by atoms with E-state index in [1.54, 1.807) is 47.8 Å². The average molecular weight is 373 g/mol. The maximum atomic E-state index is 13.0. The van der Waals surface area contributed by atoms with Gasteiger partial charge in [0.1, 0.15) is 16.7 Å². The predicted octanol–water partition coefficient (Wildman–Crippen LogP) is 3.68. The quantitative estimate of drug-likeness (QED) is 0.686. The third-order valence-corrected chi connectivity index (χ3v) is 4.91. The number of aromatic nitrogens is 3. The van der Waals surface area contributed by atoms with Crippen molar-refractivity contribution in [2.75, 3.05) is 11.4 Å². The molecule has 0 bridgehead atoms. The fourth-order valence-corrected chi connectivity index (χ4v) is 3.60. The van der Waals surface area contributed by atoms with Gasteiger partial charge in [-0.05, 0) is 31.2 Å². The van der Waals surface area contributed by atoms with Crippen LogP contribution in [0, 0.1) is 0 Å². The molecule has 3 aromatic rings. The van der Waals surface area contributed by atoms with Crippen LogP contribution in [0.15, 0.2) is 42.9 Å². The molecule has 3 heterocycles. The Hall–Kier alpha value is -2.51. The maximum Gasteiger partial charge on any atom is 0.270 e. The number of hydrogen-bond donors (Lipinski definition) is 0. The number of anilines is 1. The zero-order valence-electron chi connectivity index (χ0n) is 13.2. The third-order valence-electron chi connectivity index (χ3n) is 3.70. The number of carbonyl (C=O) groups excluding carboxylic acids is 1. The Balaban J connectivity index is 1.68. The summed E-state index contributed by atoms with van der Waals surface area (Å²) in [6.45, 7) is 2.37. The van der Waals surface area contributed by atoms with Gasteiger partial charge in [-0.2, -0.15) is 0 Å². The van der Waals surface area contributed by atoms with Crippen LogP contribution >= 0.6 is 22.9 Å². The molecule has 0 aliphatic carbocycles. The molecule has 8 heteroatoms. The molecule has 1 amide bonds. The highest BCUT2D eigenvalue weighted by Gasteiger charge is 2.29. The lowest BCUT2D eigenvalue weighted by Crippen LogP contribution is -2.42. The van der Waals surface area contributed by atoms with Crippen LogP contribution in [0.5, 0.6) is 5.75 Å². The first-order valence-corrected chi connectivity index (χ1v) is 8.82. The molecule has 6 nitrogen and oxygen atoms in total. The number of rotatable bonds is 2. The Labute approximate surface area is 153 Å². The monoisotopic (exact) mass is 372 g/mol. The highest BCUT2D eigenvalue weighted by Crippen LogP contribution is 2.37.